The monoisotopic (exact) mass is 1050 g/mol. The number of aromatic carboxylic acids is 4. The van der Waals surface area contributed by atoms with Gasteiger partial charge in [0.25, 0.3) is 0 Å². The van der Waals surface area contributed by atoms with Gasteiger partial charge in [-0.15, -0.1) is 0 Å². The van der Waals surface area contributed by atoms with Crippen LogP contribution >= 0.6 is 0 Å². The number of carboxylic acids is 6. The summed E-state index contributed by atoms with van der Waals surface area (Å²) in [6.07, 6.45) is 0.165. The topological polar surface area (TPSA) is 281 Å². The van der Waals surface area contributed by atoms with E-state index < -0.39 is 35.8 Å². The zero-order valence-electron chi connectivity index (χ0n) is 43.5. The van der Waals surface area contributed by atoms with Crippen molar-refractivity contribution in [2.45, 2.75) is 80.1 Å². The molecule has 8 bridgehead atoms. The molecular weight excluding hydrogens is 993 g/mol. The fourth-order valence-electron chi connectivity index (χ4n) is 10.9. The largest absolute Gasteiger partial charge is 0.481 e. The predicted octanol–water partition coefficient (Wildman–Crippen LogP) is 13.1. The van der Waals surface area contributed by atoms with E-state index in [4.69, 9.17) is 9.97 Å². The van der Waals surface area contributed by atoms with Gasteiger partial charge in [0, 0.05) is 35.1 Å². The van der Waals surface area contributed by atoms with Crippen molar-refractivity contribution in [1.29, 1.82) is 0 Å². The van der Waals surface area contributed by atoms with Crippen molar-refractivity contribution in [2.75, 3.05) is 0 Å². The molecule has 7 aromatic rings. The number of allylic oxidation sites excluding steroid dienone is 4. The van der Waals surface area contributed by atoms with Crippen LogP contribution in [0.5, 0.6) is 0 Å². The molecule has 2 aliphatic heterocycles. The van der Waals surface area contributed by atoms with Gasteiger partial charge >= 0.3 is 35.8 Å². The van der Waals surface area contributed by atoms with Gasteiger partial charge in [-0.1, -0.05) is 62.4 Å². The minimum atomic E-state index is -1.18. The molecule has 0 radical (unpaired) electrons. The number of H-pyrrole nitrogens is 2. The van der Waals surface area contributed by atoms with Crippen molar-refractivity contribution in [1.82, 2.24) is 19.9 Å². The Bertz CT molecular complexity index is 3950. The predicted molar refractivity (Wildman–Crippen MR) is 298 cm³/mol. The smallest absolute Gasteiger partial charge is 0.335 e. The molecule has 0 saturated carbocycles. The number of carboxylic acid groups (broad SMARTS) is 6. The lowest BCUT2D eigenvalue weighted by Crippen LogP contribution is -2.01. The minimum Gasteiger partial charge on any atom is -0.481 e. The van der Waals surface area contributed by atoms with Gasteiger partial charge in [0.05, 0.1) is 67.1 Å². The normalized spacial score (nSPS) is 12.3. The Morgan fingerprint density at radius 3 is 1.13 bits per heavy atom. The third-order valence-corrected chi connectivity index (χ3v) is 14.9. The van der Waals surface area contributed by atoms with Crippen molar-refractivity contribution in [2.24, 2.45) is 0 Å². The van der Waals surface area contributed by atoms with Crippen LogP contribution < -0.4 is 0 Å². The number of rotatable bonds is 16. The van der Waals surface area contributed by atoms with Crippen LogP contribution in [-0.4, -0.2) is 86.4 Å². The maximum atomic E-state index is 12.8. The molecule has 0 unspecified atom stereocenters. The number of fused-ring (bicyclic) bond motifs is 8. The SMILES string of the molecule is CCC1=C(C)c2nc1c(C)c1[nH]c(c(CCC(=O)O)c1-c1ccc(C(=O)O)cc1)c(-c1ccc(C(=O)O)cc1)c1nc(c(-c3ccc(C(=O)O)cc3)c3[nH]c(c(CC)c3C)c2-c2ccc(C(=O)O)cc2)C(C)=C1CCC(=O)O. The summed E-state index contributed by atoms with van der Waals surface area (Å²) in [5.74, 6) is -6.79. The summed E-state index contributed by atoms with van der Waals surface area (Å²) in [6.45, 7) is 11.7. The van der Waals surface area contributed by atoms with Crippen LogP contribution in [0.1, 0.15) is 140 Å². The lowest BCUT2D eigenvalue weighted by molar-refractivity contribution is -0.137. The standard InChI is InChI=1S/C62H54N4O12/c1-7-41-29(3)53-49(35-13-21-39(22-14-35)61(75)76)56-42(8-2)30(4)52(64-56)48(34-11-19-38(20-12-34)60(73)74)54-31(5)43(25-27-45(67)68)57(65-54)50(36-15-23-40(24-16-36)62(77)78)58-44(26-28-46(69)70)47(55(66-58)32(6)51(41)63-53)33-9-17-37(18-10-33)59(71)72/h9-24,64,66H,7-8,25-28H2,1-6H3,(H,67,68)(H,69,70)(H,71,72)(H,73,74)(H,75,76)(H,77,78). The summed E-state index contributed by atoms with van der Waals surface area (Å²) < 4.78 is 0. The average Bonchev–Trinajstić information content (AvgIpc) is 4.35. The Hall–Kier alpha value is -9.70. The van der Waals surface area contributed by atoms with Crippen LogP contribution in [0.3, 0.4) is 0 Å². The second-order valence-corrected chi connectivity index (χ2v) is 19.3. The van der Waals surface area contributed by atoms with Gasteiger partial charge in [-0.2, -0.15) is 0 Å². The Kier molecular flexibility index (Phi) is 14.4. The highest BCUT2D eigenvalue weighted by molar-refractivity contribution is 6.09. The Balaban J connectivity index is 1.65. The maximum Gasteiger partial charge on any atom is 0.335 e. The number of aliphatic carboxylic acids is 2. The van der Waals surface area contributed by atoms with E-state index in [1.807, 2.05) is 41.5 Å². The minimum absolute atomic E-state index is 0.0107. The van der Waals surface area contributed by atoms with Gasteiger partial charge in [0.2, 0.25) is 0 Å². The summed E-state index contributed by atoms with van der Waals surface area (Å²) in [7, 11) is 0. The first-order valence-electron chi connectivity index (χ1n) is 25.3. The van der Waals surface area contributed by atoms with E-state index in [1.165, 1.54) is 48.5 Å². The highest BCUT2D eigenvalue weighted by Crippen LogP contribution is 2.49. The van der Waals surface area contributed by atoms with E-state index in [2.05, 4.69) is 9.97 Å². The molecule has 394 valence electrons. The molecule has 16 heteroatoms. The van der Waals surface area contributed by atoms with Crippen LogP contribution in [-0.2, 0) is 22.4 Å². The van der Waals surface area contributed by atoms with Gasteiger partial charge in [-0.05, 0) is 169 Å². The number of benzene rings is 4. The fourth-order valence-corrected chi connectivity index (χ4v) is 10.9. The number of nitrogens with zero attached hydrogens (tertiary/aromatic N) is 2. The summed E-state index contributed by atoms with van der Waals surface area (Å²) in [4.78, 5) is 93.3. The van der Waals surface area contributed by atoms with Gasteiger partial charge in [0.1, 0.15) is 0 Å². The molecule has 9 rings (SSSR count). The maximum absolute atomic E-state index is 12.8. The van der Waals surface area contributed by atoms with Crippen molar-refractivity contribution in [3.8, 4) is 44.5 Å². The molecule has 0 amide bonds. The quantitative estimate of drug-likeness (QED) is 0.0447. The van der Waals surface area contributed by atoms with Crippen LogP contribution in [0.2, 0.25) is 0 Å². The van der Waals surface area contributed by atoms with Gasteiger partial charge in [-0.3, -0.25) is 9.59 Å². The lowest BCUT2D eigenvalue weighted by Gasteiger charge is -2.12. The fraction of sp³-hybridized carbons (Fsp3) is 0.194. The van der Waals surface area contributed by atoms with Crippen molar-refractivity contribution < 1.29 is 59.4 Å². The van der Waals surface area contributed by atoms with Gasteiger partial charge in [-0.25, -0.2) is 29.1 Å². The summed E-state index contributed by atoms with van der Waals surface area (Å²) >= 11 is 0. The van der Waals surface area contributed by atoms with Crippen LogP contribution in [0.15, 0.2) is 97.1 Å². The van der Waals surface area contributed by atoms with E-state index in [-0.39, 0.29) is 47.9 Å². The van der Waals surface area contributed by atoms with Crippen LogP contribution in [0.4, 0.5) is 0 Å². The molecule has 8 N–H and O–H groups in total. The summed E-state index contributed by atoms with van der Waals surface area (Å²) in [5, 5.41) is 61.0. The van der Waals surface area contributed by atoms with Gasteiger partial charge in [0.15, 0.2) is 0 Å². The third-order valence-electron chi connectivity index (χ3n) is 14.9. The zero-order valence-corrected chi connectivity index (χ0v) is 43.5. The summed E-state index contributed by atoms with van der Waals surface area (Å²) in [6, 6.07) is 25.2. The molecular formula is C62H54N4O12. The number of aromatic amines is 2. The molecule has 16 nitrogen and oxygen atoms in total. The van der Waals surface area contributed by atoms with E-state index in [0.29, 0.717) is 124 Å². The molecule has 0 atom stereocenters. The Morgan fingerprint density at radius 1 is 0.385 bits per heavy atom. The van der Waals surface area contributed by atoms with Crippen molar-refractivity contribution in [3.63, 3.8) is 0 Å². The van der Waals surface area contributed by atoms with Crippen LogP contribution in [0.25, 0.3) is 88.9 Å². The van der Waals surface area contributed by atoms with E-state index in [1.54, 1.807) is 48.5 Å². The van der Waals surface area contributed by atoms with Crippen molar-refractivity contribution >= 4 is 80.2 Å². The van der Waals surface area contributed by atoms with Gasteiger partial charge < -0.3 is 40.6 Å². The molecule has 0 fully saturated rings. The Labute approximate surface area is 446 Å². The zero-order chi connectivity index (χ0) is 56.0. The molecule has 2 aliphatic rings. The lowest BCUT2D eigenvalue weighted by atomic mass is 9.90. The number of aryl methyl sites for hydroxylation is 4. The molecule has 3 aromatic heterocycles. The molecule has 4 aromatic carbocycles. The van der Waals surface area contributed by atoms with Crippen molar-refractivity contribution in [3.05, 3.63) is 164 Å². The van der Waals surface area contributed by atoms with E-state index in [0.717, 1.165) is 22.3 Å². The second-order valence-electron chi connectivity index (χ2n) is 19.3. The molecule has 0 spiro atoms. The first kappa shape index (κ1) is 53.1. The number of hydrogen-bond acceptors (Lipinski definition) is 8. The number of aromatic nitrogens is 4. The number of carbonyl (C=O) groups is 6. The van der Waals surface area contributed by atoms with Crippen LogP contribution in [0, 0.1) is 13.8 Å². The highest BCUT2D eigenvalue weighted by Gasteiger charge is 2.31. The first-order valence-corrected chi connectivity index (χ1v) is 25.3. The highest BCUT2D eigenvalue weighted by atomic mass is 16.4. The summed E-state index contributed by atoms with van der Waals surface area (Å²) in [5.41, 5.74) is 14.0. The first-order chi connectivity index (χ1) is 37.2. The molecule has 0 aliphatic carbocycles. The molecule has 78 heavy (non-hydrogen) atoms. The average molecular weight is 1050 g/mol. The molecule has 0 saturated heterocycles. The van der Waals surface area contributed by atoms with E-state index >= 15 is 0 Å². The van der Waals surface area contributed by atoms with E-state index in [9.17, 15) is 59.4 Å². The third kappa shape index (κ3) is 9.52. The second kappa shape index (κ2) is 21.1. The molecule has 5 heterocycles. The number of hydrogen-bond donors (Lipinski definition) is 8. The Morgan fingerprint density at radius 2 is 0.731 bits per heavy atom. The number of nitrogens with one attached hydrogen (secondary N) is 2.